The van der Waals surface area contributed by atoms with Gasteiger partial charge >= 0.3 is 0 Å². The Hall–Kier alpha value is -1.91. The quantitative estimate of drug-likeness (QED) is 0.794. The van der Waals surface area contributed by atoms with E-state index in [2.05, 4.69) is 10.3 Å². The van der Waals surface area contributed by atoms with Crippen molar-refractivity contribution in [2.75, 3.05) is 12.3 Å². The Labute approximate surface area is 97.5 Å². The zero-order valence-corrected chi connectivity index (χ0v) is 8.49. The maximum absolute atomic E-state index is 11.8. The molecule has 5 heteroatoms. The van der Waals surface area contributed by atoms with Gasteiger partial charge < -0.3 is 10.6 Å². The van der Waals surface area contributed by atoms with Crippen LogP contribution in [0.5, 0.6) is 0 Å². The van der Waals surface area contributed by atoms with Crippen molar-refractivity contribution in [3.8, 4) is 0 Å². The van der Waals surface area contributed by atoms with Gasteiger partial charge in [0.25, 0.3) is 5.91 Å². The lowest BCUT2D eigenvalue weighted by Crippen LogP contribution is -2.22. The minimum atomic E-state index is -2.58. The largest absolute Gasteiger partial charge is 0.355 e. The van der Waals surface area contributed by atoms with Gasteiger partial charge in [0, 0.05) is 23.2 Å². The van der Waals surface area contributed by atoms with Crippen LogP contribution in [-0.4, -0.2) is 23.8 Å². The molecule has 16 heavy (non-hydrogen) atoms. The van der Waals surface area contributed by atoms with E-state index < -0.39 is 12.9 Å². The Morgan fingerprint density at radius 2 is 2.38 bits per heavy atom. The van der Waals surface area contributed by atoms with E-state index in [-0.39, 0.29) is 23.2 Å². The first-order valence-electron chi connectivity index (χ1n) is 6.45. The van der Waals surface area contributed by atoms with Crippen molar-refractivity contribution in [2.24, 2.45) is 5.92 Å². The molecule has 0 aromatic carbocycles. The summed E-state index contributed by atoms with van der Waals surface area (Å²) in [5, 5.41) is 4.41. The third-order valence-electron chi connectivity index (χ3n) is 2.36. The van der Waals surface area contributed by atoms with Crippen molar-refractivity contribution in [1.29, 1.82) is 0 Å². The summed E-state index contributed by atoms with van der Waals surface area (Å²) in [6.07, 6.45) is 3.08. The number of carbonyl (C=O) groups is 2. The highest BCUT2D eigenvalue weighted by molar-refractivity contribution is 6.03. The second-order valence-corrected chi connectivity index (χ2v) is 3.62. The van der Waals surface area contributed by atoms with Gasteiger partial charge in [0.1, 0.15) is 5.82 Å². The highest BCUT2D eigenvalue weighted by atomic mass is 16.2. The van der Waals surface area contributed by atoms with Crippen LogP contribution < -0.4 is 10.6 Å². The van der Waals surface area contributed by atoms with Crippen molar-refractivity contribution < 1.29 is 13.7 Å². The summed E-state index contributed by atoms with van der Waals surface area (Å²) in [6.45, 7) is -2.58. The molecule has 0 unspecified atom stereocenters. The van der Waals surface area contributed by atoms with Crippen LogP contribution >= 0.6 is 0 Å². The van der Waals surface area contributed by atoms with Gasteiger partial charge in [-0.25, -0.2) is 4.98 Å². The molecule has 0 aliphatic heterocycles. The van der Waals surface area contributed by atoms with Crippen LogP contribution in [0.3, 0.4) is 0 Å². The molecule has 0 saturated heterocycles. The molecule has 1 aromatic heterocycles. The van der Waals surface area contributed by atoms with Crippen LogP contribution in [0.25, 0.3) is 0 Å². The minimum Gasteiger partial charge on any atom is -0.355 e. The fourth-order valence-electron chi connectivity index (χ4n) is 1.32. The van der Waals surface area contributed by atoms with Crippen LogP contribution in [0, 0.1) is 5.92 Å². The van der Waals surface area contributed by atoms with Gasteiger partial charge in [0.15, 0.2) is 0 Å². The van der Waals surface area contributed by atoms with E-state index in [1.807, 2.05) is 5.32 Å². The Bertz CT molecular complexity index is 512. The first kappa shape index (κ1) is 7.38. The molecule has 1 saturated carbocycles. The lowest BCUT2D eigenvalue weighted by Gasteiger charge is -2.07. The molecule has 0 atom stereocenters. The zero-order chi connectivity index (χ0) is 14.0. The molecule has 1 aliphatic rings. The molecule has 2 rings (SSSR count). The summed E-state index contributed by atoms with van der Waals surface area (Å²) in [5.74, 6) is -0.928. The standard InChI is InChI=1S/C11H13N3O2/c1-12-11(16)8-3-2-6-13-9(8)14-10(15)7-4-5-7/h2-3,6-7H,4-5H2,1H3,(H,12,16)(H,13,14,15)/i1D3. The van der Waals surface area contributed by atoms with Crippen LogP contribution in [0.1, 0.15) is 27.3 Å². The molecule has 84 valence electrons. The van der Waals surface area contributed by atoms with Gasteiger partial charge in [-0.2, -0.15) is 0 Å². The second-order valence-electron chi connectivity index (χ2n) is 3.62. The van der Waals surface area contributed by atoms with E-state index in [9.17, 15) is 9.59 Å². The Morgan fingerprint density at radius 3 is 3.06 bits per heavy atom. The number of rotatable bonds is 3. The van der Waals surface area contributed by atoms with Crippen molar-refractivity contribution in [2.45, 2.75) is 12.8 Å². The fourth-order valence-corrected chi connectivity index (χ4v) is 1.32. The minimum absolute atomic E-state index is 0.0273. The summed E-state index contributed by atoms with van der Waals surface area (Å²) in [5.41, 5.74) is 0.0348. The average molecular weight is 222 g/mol. The van der Waals surface area contributed by atoms with E-state index in [4.69, 9.17) is 4.11 Å². The molecule has 2 N–H and O–H groups in total. The number of aromatic nitrogens is 1. The number of nitrogens with zero attached hydrogens (tertiary/aromatic N) is 1. The number of amides is 2. The molecular formula is C11H13N3O2. The number of hydrogen-bond donors (Lipinski definition) is 2. The van der Waals surface area contributed by atoms with Crippen molar-refractivity contribution >= 4 is 17.6 Å². The summed E-state index contributed by atoms with van der Waals surface area (Å²) in [7, 11) is 0. The summed E-state index contributed by atoms with van der Waals surface area (Å²) in [6, 6.07) is 2.91. The SMILES string of the molecule is [2H]C([2H])([2H])NC(=O)c1cccnc1NC(=O)C1CC1. The van der Waals surface area contributed by atoms with Crippen LogP contribution in [0.15, 0.2) is 18.3 Å². The topological polar surface area (TPSA) is 71.1 Å². The third kappa shape index (κ3) is 2.18. The second kappa shape index (κ2) is 4.30. The third-order valence-corrected chi connectivity index (χ3v) is 2.36. The van der Waals surface area contributed by atoms with Gasteiger partial charge in [-0.05, 0) is 25.0 Å². The number of carbonyl (C=O) groups excluding carboxylic acids is 2. The molecule has 1 heterocycles. The van der Waals surface area contributed by atoms with Crippen LogP contribution in [0.4, 0.5) is 5.82 Å². The lowest BCUT2D eigenvalue weighted by molar-refractivity contribution is -0.117. The number of pyridine rings is 1. The molecule has 0 bridgehead atoms. The van der Waals surface area contributed by atoms with Gasteiger partial charge in [0.05, 0.1) is 5.56 Å². The molecular weight excluding hydrogens is 206 g/mol. The normalized spacial score (nSPS) is 17.9. The maximum Gasteiger partial charge on any atom is 0.254 e. The Kier molecular flexibility index (Phi) is 1.98. The van der Waals surface area contributed by atoms with Crippen molar-refractivity contribution in [3.05, 3.63) is 23.9 Å². The fraction of sp³-hybridized carbons (Fsp3) is 0.364. The van der Waals surface area contributed by atoms with Crippen molar-refractivity contribution in [3.63, 3.8) is 0 Å². The summed E-state index contributed by atoms with van der Waals surface area (Å²) >= 11 is 0. The van der Waals surface area contributed by atoms with E-state index in [1.165, 1.54) is 18.3 Å². The Morgan fingerprint density at radius 1 is 1.56 bits per heavy atom. The van der Waals surface area contributed by atoms with Gasteiger partial charge in [0.2, 0.25) is 5.91 Å². The Balaban J connectivity index is 2.15. The van der Waals surface area contributed by atoms with E-state index >= 15 is 0 Å². The maximum atomic E-state index is 11.8. The van der Waals surface area contributed by atoms with Gasteiger partial charge in [-0.1, -0.05) is 0 Å². The van der Waals surface area contributed by atoms with Gasteiger partial charge in [-0.15, -0.1) is 0 Å². The van der Waals surface area contributed by atoms with E-state index in [1.54, 1.807) is 0 Å². The highest BCUT2D eigenvalue weighted by Gasteiger charge is 2.30. The molecule has 5 nitrogen and oxygen atoms in total. The van der Waals surface area contributed by atoms with E-state index in [0.29, 0.717) is 0 Å². The first-order valence-corrected chi connectivity index (χ1v) is 4.95. The molecule has 0 radical (unpaired) electrons. The number of anilines is 1. The monoisotopic (exact) mass is 222 g/mol. The van der Waals surface area contributed by atoms with Crippen LogP contribution in [0.2, 0.25) is 0 Å². The molecule has 1 aromatic rings. The van der Waals surface area contributed by atoms with Crippen molar-refractivity contribution in [1.82, 2.24) is 10.3 Å². The molecule has 1 fully saturated rings. The summed E-state index contributed by atoms with van der Waals surface area (Å²) < 4.78 is 21.0. The lowest BCUT2D eigenvalue weighted by atomic mass is 10.2. The molecule has 2 amide bonds. The van der Waals surface area contributed by atoms with Crippen LogP contribution in [-0.2, 0) is 4.79 Å². The van der Waals surface area contributed by atoms with E-state index in [0.717, 1.165) is 12.8 Å². The first-order chi connectivity index (χ1) is 8.87. The predicted molar refractivity (Wildman–Crippen MR) is 59.0 cm³/mol. The van der Waals surface area contributed by atoms with Gasteiger partial charge in [-0.3, -0.25) is 9.59 Å². The zero-order valence-electron chi connectivity index (χ0n) is 11.5. The smallest absolute Gasteiger partial charge is 0.254 e. The summed E-state index contributed by atoms with van der Waals surface area (Å²) in [4.78, 5) is 27.3. The molecule has 1 aliphatic carbocycles. The highest BCUT2D eigenvalue weighted by Crippen LogP contribution is 2.30. The predicted octanol–water partition coefficient (Wildman–Crippen LogP) is 0.790. The average Bonchev–Trinajstić information content (AvgIpc) is 3.10. The number of nitrogens with one attached hydrogen (secondary N) is 2. The molecule has 0 spiro atoms. The number of hydrogen-bond acceptors (Lipinski definition) is 3.